The Morgan fingerprint density at radius 1 is 1.30 bits per heavy atom. The van der Waals surface area contributed by atoms with E-state index in [1.807, 2.05) is 6.92 Å². The van der Waals surface area contributed by atoms with Crippen LogP contribution in [0.4, 0.5) is 11.4 Å². The summed E-state index contributed by atoms with van der Waals surface area (Å²) in [5, 5.41) is 5.71. The molecule has 0 unspecified atom stereocenters. The first-order chi connectivity index (χ1) is 9.74. The predicted molar refractivity (Wildman–Crippen MR) is 77.1 cm³/mol. The van der Waals surface area contributed by atoms with Crippen molar-refractivity contribution in [3.8, 4) is 5.88 Å². The lowest BCUT2D eigenvalue weighted by Crippen LogP contribution is -2.14. The number of hydrogen-bond donors (Lipinski definition) is 2. The van der Waals surface area contributed by atoms with Gasteiger partial charge in [-0.15, -0.1) is 0 Å². The zero-order chi connectivity index (χ0) is 14.4. The summed E-state index contributed by atoms with van der Waals surface area (Å²) in [5.74, 6) is 0.313. The third-order valence-electron chi connectivity index (χ3n) is 2.62. The van der Waals surface area contributed by atoms with Crippen molar-refractivity contribution in [2.75, 3.05) is 24.3 Å². The van der Waals surface area contributed by atoms with Crippen LogP contribution >= 0.6 is 0 Å². The van der Waals surface area contributed by atoms with E-state index in [1.54, 1.807) is 43.8 Å². The molecule has 2 aromatic rings. The topological polar surface area (TPSA) is 76.1 Å². The normalized spacial score (nSPS) is 9.90. The summed E-state index contributed by atoms with van der Waals surface area (Å²) >= 11 is 0. The van der Waals surface area contributed by atoms with E-state index in [4.69, 9.17) is 4.74 Å². The van der Waals surface area contributed by atoms with E-state index in [1.165, 1.54) is 0 Å². The van der Waals surface area contributed by atoms with Crippen molar-refractivity contribution >= 4 is 17.3 Å². The molecule has 20 heavy (non-hydrogen) atoms. The number of nitrogens with zero attached hydrogens (tertiary/aromatic N) is 2. The van der Waals surface area contributed by atoms with Gasteiger partial charge in [-0.1, -0.05) is 0 Å². The third-order valence-corrected chi connectivity index (χ3v) is 2.62. The SMILES string of the molecule is CCOc1ccc(NC(=O)c2ccncc2NC)cn1. The van der Waals surface area contributed by atoms with Crippen molar-refractivity contribution in [3.05, 3.63) is 42.4 Å². The van der Waals surface area contributed by atoms with Gasteiger partial charge in [-0.05, 0) is 19.1 Å². The Labute approximate surface area is 117 Å². The summed E-state index contributed by atoms with van der Waals surface area (Å²) in [7, 11) is 1.74. The van der Waals surface area contributed by atoms with E-state index < -0.39 is 0 Å². The van der Waals surface area contributed by atoms with Gasteiger partial charge in [0.2, 0.25) is 5.88 Å². The lowest BCUT2D eigenvalue weighted by molar-refractivity contribution is 0.102. The van der Waals surface area contributed by atoms with Crippen molar-refractivity contribution in [1.29, 1.82) is 0 Å². The Bertz CT molecular complexity index is 584. The van der Waals surface area contributed by atoms with E-state index >= 15 is 0 Å². The van der Waals surface area contributed by atoms with Gasteiger partial charge in [-0.25, -0.2) is 4.98 Å². The van der Waals surface area contributed by atoms with Gasteiger partial charge in [0.15, 0.2) is 0 Å². The molecule has 0 aliphatic carbocycles. The van der Waals surface area contributed by atoms with Gasteiger partial charge >= 0.3 is 0 Å². The lowest BCUT2D eigenvalue weighted by atomic mass is 10.2. The summed E-state index contributed by atoms with van der Waals surface area (Å²) in [4.78, 5) is 20.2. The van der Waals surface area contributed by atoms with Crippen molar-refractivity contribution in [1.82, 2.24) is 9.97 Å². The quantitative estimate of drug-likeness (QED) is 0.872. The standard InChI is InChI=1S/C14H16N4O2/c1-3-20-13-5-4-10(8-17-13)18-14(19)11-6-7-16-9-12(11)15-2/h4-9,15H,3H2,1-2H3,(H,18,19). The third kappa shape index (κ3) is 3.23. The minimum absolute atomic E-state index is 0.220. The van der Waals surface area contributed by atoms with Gasteiger partial charge < -0.3 is 15.4 Å². The smallest absolute Gasteiger partial charge is 0.257 e. The zero-order valence-corrected chi connectivity index (χ0v) is 11.4. The fourth-order valence-corrected chi connectivity index (χ4v) is 1.68. The molecule has 6 heteroatoms. The second-order valence-corrected chi connectivity index (χ2v) is 3.94. The molecule has 0 bridgehead atoms. The van der Waals surface area contributed by atoms with Gasteiger partial charge in [0.1, 0.15) is 0 Å². The molecule has 0 saturated carbocycles. The molecule has 2 aromatic heterocycles. The van der Waals surface area contributed by atoms with Crippen LogP contribution < -0.4 is 15.4 Å². The zero-order valence-electron chi connectivity index (χ0n) is 11.4. The number of carbonyl (C=O) groups is 1. The van der Waals surface area contributed by atoms with Crippen LogP contribution in [-0.2, 0) is 0 Å². The molecule has 0 fully saturated rings. The Kier molecular flexibility index (Phi) is 4.49. The number of pyridine rings is 2. The number of hydrogen-bond acceptors (Lipinski definition) is 5. The lowest BCUT2D eigenvalue weighted by Gasteiger charge is -2.09. The van der Waals surface area contributed by atoms with E-state index in [9.17, 15) is 4.79 Å². The molecule has 104 valence electrons. The highest BCUT2D eigenvalue weighted by atomic mass is 16.5. The highest BCUT2D eigenvalue weighted by Gasteiger charge is 2.10. The minimum Gasteiger partial charge on any atom is -0.478 e. The Morgan fingerprint density at radius 3 is 2.80 bits per heavy atom. The Hall–Kier alpha value is -2.63. The average molecular weight is 272 g/mol. The van der Waals surface area contributed by atoms with E-state index in [-0.39, 0.29) is 5.91 Å². The fraction of sp³-hybridized carbons (Fsp3) is 0.214. The molecule has 2 heterocycles. The Morgan fingerprint density at radius 2 is 2.15 bits per heavy atom. The molecule has 6 nitrogen and oxygen atoms in total. The molecular formula is C14H16N4O2. The van der Waals surface area contributed by atoms with Gasteiger partial charge in [-0.3, -0.25) is 9.78 Å². The summed E-state index contributed by atoms with van der Waals surface area (Å²) in [6.45, 7) is 2.45. The fourth-order valence-electron chi connectivity index (χ4n) is 1.68. The summed E-state index contributed by atoms with van der Waals surface area (Å²) < 4.78 is 5.24. The first kappa shape index (κ1) is 13.8. The number of aromatic nitrogens is 2. The molecule has 0 spiro atoms. The van der Waals surface area contributed by atoms with Gasteiger partial charge in [-0.2, -0.15) is 0 Å². The van der Waals surface area contributed by atoms with Crippen LogP contribution in [0.1, 0.15) is 17.3 Å². The van der Waals surface area contributed by atoms with E-state index in [2.05, 4.69) is 20.6 Å². The van der Waals surface area contributed by atoms with Crippen molar-refractivity contribution in [3.63, 3.8) is 0 Å². The molecule has 0 aromatic carbocycles. The number of rotatable bonds is 5. The molecule has 0 aliphatic heterocycles. The summed E-state index contributed by atoms with van der Waals surface area (Å²) in [5.41, 5.74) is 1.80. The van der Waals surface area contributed by atoms with Crippen LogP contribution in [0.15, 0.2) is 36.8 Å². The van der Waals surface area contributed by atoms with Crippen LogP contribution in [0.5, 0.6) is 5.88 Å². The number of amides is 1. The molecule has 2 N–H and O–H groups in total. The first-order valence-corrected chi connectivity index (χ1v) is 6.26. The number of carbonyl (C=O) groups excluding carboxylic acids is 1. The first-order valence-electron chi connectivity index (χ1n) is 6.26. The predicted octanol–water partition coefficient (Wildman–Crippen LogP) is 2.17. The summed E-state index contributed by atoms with van der Waals surface area (Å²) in [6, 6.07) is 5.12. The second-order valence-electron chi connectivity index (χ2n) is 3.94. The van der Waals surface area contributed by atoms with Crippen LogP contribution in [0.25, 0.3) is 0 Å². The maximum Gasteiger partial charge on any atom is 0.257 e. The molecule has 0 saturated heterocycles. The average Bonchev–Trinajstić information content (AvgIpc) is 2.49. The molecule has 2 rings (SSSR count). The van der Waals surface area contributed by atoms with Crippen molar-refractivity contribution in [2.45, 2.75) is 6.92 Å². The highest BCUT2D eigenvalue weighted by Crippen LogP contribution is 2.16. The number of ether oxygens (including phenoxy) is 1. The van der Waals surface area contributed by atoms with E-state index in [0.717, 1.165) is 0 Å². The Balaban J connectivity index is 2.11. The van der Waals surface area contributed by atoms with Gasteiger partial charge in [0.05, 0.1) is 35.9 Å². The van der Waals surface area contributed by atoms with Crippen LogP contribution in [-0.4, -0.2) is 29.5 Å². The van der Waals surface area contributed by atoms with Gasteiger partial charge in [0.25, 0.3) is 5.91 Å². The van der Waals surface area contributed by atoms with Crippen molar-refractivity contribution in [2.24, 2.45) is 0 Å². The molecular weight excluding hydrogens is 256 g/mol. The molecule has 0 radical (unpaired) electrons. The highest BCUT2D eigenvalue weighted by molar-refractivity contribution is 6.07. The number of nitrogens with one attached hydrogen (secondary N) is 2. The van der Waals surface area contributed by atoms with Crippen molar-refractivity contribution < 1.29 is 9.53 Å². The van der Waals surface area contributed by atoms with Crippen LogP contribution in [0.2, 0.25) is 0 Å². The maximum absolute atomic E-state index is 12.2. The van der Waals surface area contributed by atoms with Crippen LogP contribution in [0, 0.1) is 0 Å². The van der Waals surface area contributed by atoms with Crippen LogP contribution in [0.3, 0.4) is 0 Å². The monoisotopic (exact) mass is 272 g/mol. The van der Waals surface area contributed by atoms with E-state index in [0.29, 0.717) is 29.4 Å². The molecule has 1 amide bonds. The second kappa shape index (κ2) is 6.51. The maximum atomic E-state index is 12.2. The summed E-state index contributed by atoms with van der Waals surface area (Å²) in [6.07, 6.45) is 4.74. The number of anilines is 2. The molecule has 0 aliphatic rings. The van der Waals surface area contributed by atoms with Gasteiger partial charge in [0, 0.05) is 19.3 Å². The minimum atomic E-state index is -0.220. The molecule has 0 atom stereocenters. The largest absolute Gasteiger partial charge is 0.478 e.